The first-order chi connectivity index (χ1) is 15.4. The maximum Gasteiger partial charge on any atom is 0.332 e. The van der Waals surface area contributed by atoms with Crippen LogP contribution in [0.15, 0.2) is 80.9 Å². The normalized spacial score (nSPS) is 10.8. The lowest BCUT2D eigenvalue weighted by Gasteiger charge is -2.14. The molecule has 0 aliphatic rings. The fourth-order valence-corrected chi connectivity index (χ4v) is 3.41. The van der Waals surface area contributed by atoms with Gasteiger partial charge in [-0.3, -0.25) is 23.5 Å². The summed E-state index contributed by atoms with van der Waals surface area (Å²) in [5.41, 5.74) is 0.413. The summed E-state index contributed by atoms with van der Waals surface area (Å²) >= 11 is 0. The van der Waals surface area contributed by atoms with E-state index in [1.165, 1.54) is 17.8 Å². The predicted octanol–water partition coefficient (Wildman–Crippen LogP) is 2.40. The molecule has 162 valence electrons. The summed E-state index contributed by atoms with van der Waals surface area (Å²) in [6.45, 7) is 1.08. The van der Waals surface area contributed by atoms with Crippen molar-refractivity contribution in [2.75, 3.05) is 10.6 Å². The van der Waals surface area contributed by atoms with Gasteiger partial charge >= 0.3 is 5.69 Å². The monoisotopic (exact) mass is 432 g/mol. The summed E-state index contributed by atoms with van der Waals surface area (Å²) in [6, 6.07) is 16.6. The molecule has 9 heteroatoms. The molecule has 0 radical (unpaired) electrons. The van der Waals surface area contributed by atoms with E-state index in [9.17, 15) is 19.2 Å². The van der Waals surface area contributed by atoms with Crippen molar-refractivity contribution in [1.82, 2.24) is 9.13 Å². The molecule has 0 fully saturated rings. The molecule has 0 saturated heterocycles. The Morgan fingerprint density at radius 2 is 1.56 bits per heavy atom. The van der Waals surface area contributed by atoms with E-state index >= 15 is 0 Å². The summed E-state index contributed by atoms with van der Waals surface area (Å²) in [5.74, 6) is -0.180. The Hall–Kier alpha value is -4.40. The summed E-state index contributed by atoms with van der Waals surface area (Å²) in [6.07, 6.45) is 1.46. The van der Waals surface area contributed by atoms with E-state index in [2.05, 4.69) is 10.6 Å². The van der Waals surface area contributed by atoms with Gasteiger partial charge < -0.3 is 15.1 Å². The number of furan rings is 1. The molecule has 0 aliphatic heterocycles. The molecule has 2 N–H and O–H groups in total. The molecule has 4 rings (SSSR count). The van der Waals surface area contributed by atoms with Crippen molar-refractivity contribution >= 4 is 34.1 Å². The van der Waals surface area contributed by atoms with Crippen molar-refractivity contribution in [3.05, 3.63) is 93.5 Å². The second kappa shape index (κ2) is 8.76. The Kier molecular flexibility index (Phi) is 5.71. The zero-order valence-electron chi connectivity index (χ0n) is 17.2. The average Bonchev–Trinajstić information content (AvgIpc) is 3.28. The standard InChI is InChI=1S/C23H20N4O5/c1-15(28)24-16-8-10-17(11-9-16)25-21(29)14-26-20-7-3-2-6-19(20)22(30)27(23(26)31)13-18-5-4-12-32-18/h2-12H,13-14H2,1H3,(H,24,28)(H,25,29). The van der Waals surface area contributed by atoms with Gasteiger partial charge in [-0.1, -0.05) is 12.1 Å². The minimum absolute atomic E-state index is 0.0399. The highest BCUT2D eigenvalue weighted by Gasteiger charge is 2.16. The lowest BCUT2D eigenvalue weighted by molar-refractivity contribution is -0.117. The number of amides is 2. The van der Waals surface area contributed by atoms with Crippen LogP contribution in [-0.2, 0) is 22.7 Å². The van der Waals surface area contributed by atoms with E-state index < -0.39 is 17.2 Å². The molecular formula is C23H20N4O5. The highest BCUT2D eigenvalue weighted by atomic mass is 16.3. The Morgan fingerprint density at radius 3 is 2.22 bits per heavy atom. The molecule has 32 heavy (non-hydrogen) atoms. The highest BCUT2D eigenvalue weighted by molar-refractivity contribution is 5.93. The van der Waals surface area contributed by atoms with Crippen molar-refractivity contribution in [2.24, 2.45) is 0 Å². The molecule has 2 aromatic heterocycles. The number of nitrogens with zero attached hydrogens (tertiary/aromatic N) is 2. The second-order valence-corrected chi connectivity index (χ2v) is 7.16. The number of nitrogens with one attached hydrogen (secondary N) is 2. The van der Waals surface area contributed by atoms with Crippen molar-refractivity contribution in [3.63, 3.8) is 0 Å². The third kappa shape index (κ3) is 4.36. The minimum Gasteiger partial charge on any atom is -0.467 e. The number of aromatic nitrogens is 2. The van der Waals surface area contributed by atoms with Gasteiger partial charge in [0, 0.05) is 18.3 Å². The highest BCUT2D eigenvalue weighted by Crippen LogP contribution is 2.14. The Balaban J connectivity index is 1.64. The Morgan fingerprint density at radius 1 is 0.875 bits per heavy atom. The van der Waals surface area contributed by atoms with Crippen LogP contribution in [0.1, 0.15) is 12.7 Å². The fraction of sp³-hybridized carbons (Fsp3) is 0.130. The Bertz CT molecular complexity index is 1400. The number of hydrogen-bond donors (Lipinski definition) is 2. The molecule has 2 amide bonds. The summed E-state index contributed by atoms with van der Waals surface area (Å²) in [7, 11) is 0. The Labute approximate surface area is 181 Å². The van der Waals surface area contributed by atoms with E-state index in [1.807, 2.05) is 0 Å². The quantitative estimate of drug-likeness (QED) is 0.486. The lowest BCUT2D eigenvalue weighted by atomic mass is 10.2. The number of carbonyl (C=O) groups excluding carboxylic acids is 2. The third-order valence-corrected chi connectivity index (χ3v) is 4.82. The first-order valence-corrected chi connectivity index (χ1v) is 9.84. The topological polar surface area (TPSA) is 115 Å². The first-order valence-electron chi connectivity index (χ1n) is 9.84. The van der Waals surface area contributed by atoms with Crippen LogP contribution in [0, 0.1) is 0 Å². The molecule has 0 bridgehead atoms. The molecule has 2 aromatic carbocycles. The van der Waals surface area contributed by atoms with Gasteiger partial charge in [0.15, 0.2) is 0 Å². The minimum atomic E-state index is -0.610. The van der Waals surface area contributed by atoms with Gasteiger partial charge in [0.1, 0.15) is 12.3 Å². The smallest absolute Gasteiger partial charge is 0.332 e. The van der Waals surface area contributed by atoms with Crippen LogP contribution < -0.4 is 21.9 Å². The van der Waals surface area contributed by atoms with Crippen LogP contribution >= 0.6 is 0 Å². The van der Waals surface area contributed by atoms with Crippen LogP contribution in [0.2, 0.25) is 0 Å². The summed E-state index contributed by atoms with van der Waals surface area (Å²) in [5, 5.41) is 5.70. The molecule has 0 saturated carbocycles. The third-order valence-electron chi connectivity index (χ3n) is 4.82. The van der Waals surface area contributed by atoms with Crippen molar-refractivity contribution < 1.29 is 14.0 Å². The van der Waals surface area contributed by atoms with Crippen LogP contribution in [0.3, 0.4) is 0 Å². The largest absolute Gasteiger partial charge is 0.467 e. The van der Waals surface area contributed by atoms with Gasteiger partial charge in [-0.15, -0.1) is 0 Å². The summed E-state index contributed by atoms with van der Waals surface area (Å²) < 4.78 is 7.60. The van der Waals surface area contributed by atoms with E-state index in [0.717, 1.165) is 4.57 Å². The number of carbonyl (C=O) groups is 2. The van der Waals surface area contributed by atoms with Gasteiger partial charge in [0.05, 0.1) is 23.7 Å². The maximum absolute atomic E-state index is 13.1. The van der Waals surface area contributed by atoms with Gasteiger partial charge in [0.2, 0.25) is 11.8 Å². The maximum atomic E-state index is 13.1. The van der Waals surface area contributed by atoms with Crippen molar-refractivity contribution in [1.29, 1.82) is 0 Å². The molecule has 0 spiro atoms. The molecule has 0 atom stereocenters. The zero-order chi connectivity index (χ0) is 22.7. The van der Waals surface area contributed by atoms with Gasteiger partial charge in [-0.05, 0) is 48.5 Å². The molecule has 2 heterocycles. The van der Waals surface area contributed by atoms with E-state index in [0.29, 0.717) is 28.0 Å². The predicted molar refractivity (Wildman–Crippen MR) is 120 cm³/mol. The molecule has 9 nitrogen and oxygen atoms in total. The zero-order valence-corrected chi connectivity index (χ0v) is 17.2. The van der Waals surface area contributed by atoms with Crippen molar-refractivity contribution in [3.8, 4) is 0 Å². The van der Waals surface area contributed by atoms with E-state index in [-0.39, 0.29) is 19.0 Å². The van der Waals surface area contributed by atoms with Crippen LogP contribution in [0.4, 0.5) is 11.4 Å². The van der Waals surface area contributed by atoms with Gasteiger partial charge in [-0.25, -0.2) is 4.79 Å². The summed E-state index contributed by atoms with van der Waals surface area (Å²) in [4.78, 5) is 49.9. The first kappa shape index (κ1) is 20.9. The lowest BCUT2D eigenvalue weighted by Crippen LogP contribution is -2.42. The van der Waals surface area contributed by atoms with E-state index in [1.54, 1.807) is 60.7 Å². The average molecular weight is 432 g/mol. The van der Waals surface area contributed by atoms with E-state index in [4.69, 9.17) is 4.42 Å². The SMILES string of the molecule is CC(=O)Nc1ccc(NC(=O)Cn2c(=O)n(Cc3ccco3)c(=O)c3ccccc32)cc1. The fourth-order valence-electron chi connectivity index (χ4n) is 3.41. The molecule has 0 aliphatic carbocycles. The number of benzene rings is 2. The number of fused-ring (bicyclic) bond motifs is 1. The number of rotatable bonds is 6. The molecule has 0 unspecified atom stereocenters. The molecular weight excluding hydrogens is 412 g/mol. The van der Waals surface area contributed by atoms with Crippen molar-refractivity contribution in [2.45, 2.75) is 20.0 Å². The number of anilines is 2. The number of hydrogen-bond acceptors (Lipinski definition) is 5. The van der Waals surface area contributed by atoms with Crippen LogP contribution in [-0.4, -0.2) is 20.9 Å². The van der Waals surface area contributed by atoms with Crippen LogP contribution in [0.25, 0.3) is 10.9 Å². The number of para-hydroxylation sites is 1. The van der Waals surface area contributed by atoms with Gasteiger partial charge in [-0.2, -0.15) is 0 Å². The van der Waals surface area contributed by atoms with Gasteiger partial charge in [0.25, 0.3) is 5.56 Å². The second-order valence-electron chi connectivity index (χ2n) is 7.16. The molecule has 4 aromatic rings. The van der Waals surface area contributed by atoms with Crippen LogP contribution in [0.5, 0.6) is 0 Å².